The highest BCUT2D eigenvalue weighted by molar-refractivity contribution is 5.95. The van der Waals surface area contributed by atoms with Gasteiger partial charge in [-0.3, -0.25) is 4.79 Å². The minimum absolute atomic E-state index is 0.104. The van der Waals surface area contributed by atoms with Gasteiger partial charge in [-0.1, -0.05) is 0 Å². The molecule has 1 aromatic carbocycles. The molecule has 1 N–H and O–H groups in total. The summed E-state index contributed by atoms with van der Waals surface area (Å²) >= 11 is 0. The Balaban J connectivity index is 2.02. The van der Waals surface area contributed by atoms with Crippen LogP contribution in [0, 0.1) is 5.92 Å². The molecular formula is C17H23NO6. The molecule has 0 heterocycles. The van der Waals surface area contributed by atoms with Crippen molar-refractivity contribution >= 4 is 11.9 Å². The SMILES string of the molecule is COc1ccc(C(=O)OCC(=O)N[C@@H](C)C2CC2)c(OC)c1OC. The van der Waals surface area contributed by atoms with Gasteiger partial charge in [-0.15, -0.1) is 0 Å². The fourth-order valence-electron chi connectivity index (χ4n) is 2.48. The minimum Gasteiger partial charge on any atom is -0.493 e. The van der Waals surface area contributed by atoms with Gasteiger partial charge in [0.05, 0.1) is 21.3 Å². The second kappa shape index (κ2) is 7.90. The largest absolute Gasteiger partial charge is 0.493 e. The van der Waals surface area contributed by atoms with Crippen LogP contribution in [-0.4, -0.2) is 45.9 Å². The lowest BCUT2D eigenvalue weighted by Crippen LogP contribution is -2.37. The highest BCUT2D eigenvalue weighted by Gasteiger charge is 2.29. The van der Waals surface area contributed by atoms with E-state index in [1.807, 2.05) is 6.92 Å². The molecule has 1 aliphatic rings. The van der Waals surface area contributed by atoms with Crippen LogP contribution in [0.3, 0.4) is 0 Å². The number of carbonyl (C=O) groups is 2. The van der Waals surface area contributed by atoms with E-state index in [1.54, 1.807) is 6.07 Å². The van der Waals surface area contributed by atoms with Crippen LogP contribution < -0.4 is 19.5 Å². The number of esters is 1. The van der Waals surface area contributed by atoms with Crippen molar-refractivity contribution in [1.82, 2.24) is 5.32 Å². The lowest BCUT2D eigenvalue weighted by atomic mass is 10.1. The topological polar surface area (TPSA) is 83.1 Å². The first kappa shape index (κ1) is 17.9. The third kappa shape index (κ3) is 4.10. The van der Waals surface area contributed by atoms with Crippen molar-refractivity contribution in [2.24, 2.45) is 5.92 Å². The summed E-state index contributed by atoms with van der Waals surface area (Å²) in [6, 6.07) is 3.19. The van der Waals surface area contributed by atoms with Gasteiger partial charge in [-0.25, -0.2) is 4.79 Å². The molecular weight excluding hydrogens is 314 g/mol. The zero-order chi connectivity index (χ0) is 17.7. The van der Waals surface area contributed by atoms with Gasteiger partial charge in [-0.2, -0.15) is 0 Å². The van der Waals surface area contributed by atoms with Crippen molar-refractivity contribution in [3.05, 3.63) is 17.7 Å². The molecule has 1 aromatic rings. The summed E-state index contributed by atoms with van der Waals surface area (Å²) in [7, 11) is 4.35. The van der Waals surface area contributed by atoms with E-state index in [-0.39, 0.29) is 29.9 Å². The third-order valence-electron chi connectivity index (χ3n) is 3.98. The molecule has 1 saturated carbocycles. The molecule has 0 radical (unpaired) electrons. The van der Waals surface area contributed by atoms with Gasteiger partial charge in [0, 0.05) is 6.04 Å². The number of ether oxygens (including phenoxy) is 4. The summed E-state index contributed by atoms with van der Waals surface area (Å²) < 4.78 is 20.7. The molecule has 1 atom stereocenters. The van der Waals surface area contributed by atoms with Gasteiger partial charge in [0.1, 0.15) is 5.56 Å². The van der Waals surface area contributed by atoms with Crippen molar-refractivity contribution in [3.63, 3.8) is 0 Å². The molecule has 7 heteroatoms. The first-order chi connectivity index (χ1) is 11.5. The van der Waals surface area contributed by atoms with Crippen LogP contribution in [0.2, 0.25) is 0 Å². The van der Waals surface area contributed by atoms with Crippen LogP contribution in [0.25, 0.3) is 0 Å². The molecule has 0 saturated heterocycles. The van der Waals surface area contributed by atoms with Gasteiger partial charge < -0.3 is 24.3 Å². The van der Waals surface area contributed by atoms with Crippen molar-refractivity contribution in [1.29, 1.82) is 0 Å². The predicted molar refractivity (Wildman–Crippen MR) is 86.7 cm³/mol. The molecule has 132 valence electrons. The van der Waals surface area contributed by atoms with Crippen LogP contribution >= 0.6 is 0 Å². The summed E-state index contributed by atoms with van der Waals surface area (Å²) in [5, 5.41) is 2.83. The highest BCUT2D eigenvalue weighted by Crippen LogP contribution is 2.39. The predicted octanol–water partition coefficient (Wildman–Crippen LogP) is 1.78. The fraction of sp³-hybridized carbons (Fsp3) is 0.529. The number of amides is 1. The van der Waals surface area contributed by atoms with Crippen LogP contribution in [0.15, 0.2) is 12.1 Å². The fourth-order valence-corrected chi connectivity index (χ4v) is 2.48. The quantitative estimate of drug-likeness (QED) is 0.728. The van der Waals surface area contributed by atoms with Crippen LogP contribution in [0.5, 0.6) is 17.2 Å². The second-order valence-corrected chi connectivity index (χ2v) is 5.65. The summed E-state index contributed by atoms with van der Waals surface area (Å²) in [4.78, 5) is 24.1. The summed E-state index contributed by atoms with van der Waals surface area (Å²) in [5.74, 6) is 0.483. The monoisotopic (exact) mass is 337 g/mol. The number of hydrogen-bond donors (Lipinski definition) is 1. The number of nitrogens with one attached hydrogen (secondary N) is 1. The lowest BCUT2D eigenvalue weighted by Gasteiger charge is -2.16. The van der Waals surface area contributed by atoms with E-state index in [0.29, 0.717) is 17.4 Å². The maximum absolute atomic E-state index is 12.3. The number of rotatable bonds is 8. The number of benzene rings is 1. The Morgan fingerprint density at radius 1 is 1.12 bits per heavy atom. The van der Waals surface area contributed by atoms with Gasteiger partial charge in [0.25, 0.3) is 5.91 Å². The second-order valence-electron chi connectivity index (χ2n) is 5.65. The van der Waals surface area contributed by atoms with Crippen molar-refractivity contribution in [2.45, 2.75) is 25.8 Å². The number of methoxy groups -OCH3 is 3. The molecule has 0 bridgehead atoms. The Labute approximate surface area is 141 Å². The molecule has 24 heavy (non-hydrogen) atoms. The van der Waals surface area contributed by atoms with E-state index in [4.69, 9.17) is 18.9 Å². The average molecular weight is 337 g/mol. The molecule has 1 fully saturated rings. The van der Waals surface area contributed by atoms with Crippen molar-refractivity contribution in [3.8, 4) is 17.2 Å². The van der Waals surface area contributed by atoms with E-state index < -0.39 is 5.97 Å². The molecule has 0 unspecified atom stereocenters. The summed E-state index contributed by atoms with van der Waals surface area (Å²) in [6.07, 6.45) is 2.26. The van der Waals surface area contributed by atoms with E-state index in [9.17, 15) is 9.59 Å². The van der Waals surface area contributed by atoms with Crippen LogP contribution in [0.1, 0.15) is 30.1 Å². The van der Waals surface area contributed by atoms with Gasteiger partial charge >= 0.3 is 5.97 Å². The zero-order valence-corrected chi connectivity index (χ0v) is 14.4. The Morgan fingerprint density at radius 2 is 1.79 bits per heavy atom. The molecule has 1 amide bonds. The summed E-state index contributed by atoms with van der Waals surface area (Å²) in [5.41, 5.74) is 0.165. The average Bonchev–Trinajstić information content (AvgIpc) is 3.43. The maximum atomic E-state index is 12.3. The Kier molecular flexibility index (Phi) is 5.89. The van der Waals surface area contributed by atoms with Gasteiger partial charge in [0.15, 0.2) is 18.1 Å². The normalized spacial score (nSPS) is 14.5. The summed E-state index contributed by atoms with van der Waals surface area (Å²) in [6.45, 7) is 1.61. The maximum Gasteiger partial charge on any atom is 0.342 e. The van der Waals surface area contributed by atoms with Gasteiger partial charge in [0.2, 0.25) is 5.75 Å². The van der Waals surface area contributed by atoms with Crippen molar-refractivity contribution < 1.29 is 28.5 Å². The van der Waals surface area contributed by atoms with E-state index in [0.717, 1.165) is 12.8 Å². The molecule has 0 aromatic heterocycles. The molecule has 1 aliphatic carbocycles. The van der Waals surface area contributed by atoms with E-state index >= 15 is 0 Å². The molecule has 7 nitrogen and oxygen atoms in total. The van der Waals surface area contributed by atoms with Gasteiger partial charge in [-0.05, 0) is 37.8 Å². The zero-order valence-electron chi connectivity index (χ0n) is 14.4. The smallest absolute Gasteiger partial charge is 0.342 e. The lowest BCUT2D eigenvalue weighted by molar-refractivity contribution is -0.125. The Morgan fingerprint density at radius 3 is 2.33 bits per heavy atom. The first-order valence-electron chi connectivity index (χ1n) is 7.77. The third-order valence-corrected chi connectivity index (χ3v) is 3.98. The highest BCUT2D eigenvalue weighted by atomic mass is 16.5. The minimum atomic E-state index is -0.665. The Hall–Kier alpha value is -2.44. The van der Waals surface area contributed by atoms with Crippen LogP contribution in [0.4, 0.5) is 0 Å². The Bertz CT molecular complexity index is 611. The first-order valence-corrected chi connectivity index (χ1v) is 7.77. The number of hydrogen-bond acceptors (Lipinski definition) is 6. The molecule has 0 spiro atoms. The van der Waals surface area contributed by atoms with Crippen molar-refractivity contribution in [2.75, 3.05) is 27.9 Å². The van der Waals surface area contributed by atoms with Crippen LogP contribution in [-0.2, 0) is 9.53 Å². The standard InChI is InChI=1S/C17H23NO6/c1-10(11-5-6-11)18-14(19)9-24-17(20)12-7-8-13(21-2)16(23-4)15(12)22-3/h7-8,10-11H,5-6,9H2,1-4H3,(H,18,19)/t10-/m0/s1. The number of carbonyl (C=O) groups excluding carboxylic acids is 2. The molecule has 2 rings (SSSR count). The molecule has 0 aliphatic heterocycles. The van der Waals surface area contributed by atoms with E-state index in [2.05, 4.69) is 5.32 Å². The van der Waals surface area contributed by atoms with E-state index in [1.165, 1.54) is 27.4 Å².